The van der Waals surface area contributed by atoms with Crippen LogP contribution >= 0.6 is 0 Å². The molecule has 4 rings (SSSR count). The molecule has 0 amide bonds. The van der Waals surface area contributed by atoms with Crippen molar-refractivity contribution in [1.82, 2.24) is 23.5 Å². The van der Waals surface area contributed by atoms with Crippen molar-refractivity contribution in [2.75, 3.05) is 0 Å². The fourth-order valence-corrected chi connectivity index (χ4v) is 5.76. The van der Waals surface area contributed by atoms with Gasteiger partial charge in [-0.2, -0.15) is 22.7 Å². The zero-order valence-electron chi connectivity index (χ0n) is 20.7. The SMILES string of the molecule is Cc1ccc(S(=O)(=O)n2nc(C)c(Cn3cc4c(CC(C)C)nn(C)c(=O)c4c3C)c2C)cc1. The third kappa shape index (κ3) is 3.98. The van der Waals surface area contributed by atoms with Gasteiger partial charge in [0.1, 0.15) is 0 Å². The molecule has 9 heteroatoms. The normalized spacial score (nSPS) is 12.2. The second-order valence-electron chi connectivity index (χ2n) is 9.41. The lowest BCUT2D eigenvalue weighted by Crippen LogP contribution is -2.22. The minimum atomic E-state index is -3.81. The first kappa shape index (κ1) is 23.9. The van der Waals surface area contributed by atoms with Crippen LogP contribution in [-0.2, 0) is 30.0 Å². The number of nitrogens with zero attached hydrogens (tertiary/aromatic N) is 5. The summed E-state index contributed by atoms with van der Waals surface area (Å²) in [5.74, 6) is 0.395. The van der Waals surface area contributed by atoms with Crippen molar-refractivity contribution >= 4 is 20.8 Å². The highest BCUT2D eigenvalue weighted by molar-refractivity contribution is 7.89. The van der Waals surface area contributed by atoms with E-state index in [1.165, 1.54) is 4.68 Å². The lowest BCUT2D eigenvalue weighted by molar-refractivity contribution is 0.577. The average molecular weight is 482 g/mol. The van der Waals surface area contributed by atoms with E-state index in [4.69, 9.17) is 0 Å². The summed E-state index contributed by atoms with van der Waals surface area (Å²) >= 11 is 0. The Kier molecular flexibility index (Phi) is 6.01. The highest BCUT2D eigenvalue weighted by atomic mass is 32.2. The number of hydrogen-bond donors (Lipinski definition) is 0. The third-order valence-electron chi connectivity index (χ3n) is 6.31. The number of hydrogen-bond acceptors (Lipinski definition) is 5. The summed E-state index contributed by atoms with van der Waals surface area (Å²) in [6, 6.07) is 6.75. The van der Waals surface area contributed by atoms with Gasteiger partial charge in [-0.05, 0) is 52.2 Å². The van der Waals surface area contributed by atoms with Crippen molar-refractivity contribution in [1.29, 1.82) is 0 Å². The number of fused-ring (bicyclic) bond motifs is 1. The molecule has 0 aliphatic heterocycles. The smallest absolute Gasteiger partial charge is 0.283 e. The van der Waals surface area contributed by atoms with Gasteiger partial charge in [0, 0.05) is 29.9 Å². The topological polar surface area (TPSA) is 91.8 Å². The zero-order chi connectivity index (χ0) is 24.9. The Bertz CT molecular complexity index is 1560. The summed E-state index contributed by atoms with van der Waals surface area (Å²) < 4.78 is 31.0. The molecule has 3 aromatic heterocycles. The predicted molar refractivity (Wildman–Crippen MR) is 133 cm³/mol. The van der Waals surface area contributed by atoms with E-state index in [0.29, 0.717) is 29.2 Å². The largest absolute Gasteiger partial charge is 0.346 e. The molecule has 34 heavy (non-hydrogen) atoms. The monoisotopic (exact) mass is 481 g/mol. The second kappa shape index (κ2) is 8.54. The van der Waals surface area contributed by atoms with Gasteiger partial charge in [0.05, 0.1) is 33.9 Å². The molecule has 0 saturated carbocycles. The standard InChI is InChI=1S/C25H31N5O3S/c1-15(2)12-23-22-14-29(19(6)24(22)25(31)28(7)27-23)13-21-17(4)26-30(18(21)5)34(32,33)20-10-8-16(3)9-11-20/h8-11,14-15H,12-13H2,1-7H3. The minimum absolute atomic E-state index is 0.134. The van der Waals surface area contributed by atoms with E-state index in [1.807, 2.05) is 31.5 Å². The van der Waals surface area contributed by atoms with E-state index in [2.05, 4.69) is 24.0 Å². The van der Waals surface area contributed by atoms with Crippen molar-refractivity contribution < 1.29 is 8.42 Å². The van der Waals surface area contributed by atoms with E-state index in [-0.39, 0.29) is 10.5 Å². The summed E-state index contributed by atoms with van der Waals surface area (Å²) in [5.41, 5.74) is 4.58. The van der Waals surface area contributed by atoms with Crippen LogP contribution in [0, 0.1) is 33.6 Å². The molecule has 0 saturated heterocycles. The van der Waals surface area contributed by atoms with Gasteiger partial charge in [0.25, 0.3) is 15.6 Å². The number of aromatic nitrogens is 5. The van der Waals surface area contributed by atoms with E-state index in [9.17, 15) is 13.2 Å². The summed E-state index contributed by atoms with van der Waals surface area (Å²) in [4.78, 5) is 13.1. The number of aryl methyl sites for hydroxylation is 4. The summed E-state index contributed by atoms with van der Waals surface area (Å²) in [6.45, 7) is 12.1. The lowest BCUT2D eigenvalue weighted by Gasteiger charge is -2.09. The maximum atomic E-state index is 13.3. The Morgan fingerprint density at radius 2 is 1.62 bits per heavy atom. The first-order chi connectivity index (χ1) is 15.9. The molecule has 3 heterocycles. The van der Waals surface area contributed by atoms with Gasteiger partial charge in [-0.15, -0.1) is 0 Å². The highest BCUT2D eigenvalue weighted by Gasteiger charge is 2.25. The summed E-state index contributed by atoms with van der Waals surface area (Å²) in [6.07, 6.45) is 2.72. The highest BCUT2D eigenvalue weighted by Crippen LogP contribution is 2.26. The quantitative estimate of drug-likeness (QED) is 0.419. The van der Waals surface area contributed by atoms with Crippen molar-refractivity contribution in [3.05, 3.63) is 74.7 Å². The molecule has 4 aromatic rings. The van der Waals surface area contributed by atoms with Crippen molar-refractivity contribution in [3.63, 3.8) is 0 Å². The van der Waals surface area contributed by atoms with Gasteiger partial charge in [-0.1, -0.05) is 31.5 Å². The molecular formula is C25H31N5O3S. The number of rotatable bonds is 6. The molecule has 0 aliphatic rings. The van der Waals surface area contributed by atoms with Crippen molar-refractivity contribution in [3.8, 4) is 0 Å². The van der Waals surface area contributed by atoms with Gasteiger partial charge >= 0.3 is 0 Å². The van der Waals surface area contributed by atoms with Gasteiger partial charge in [-0.25, -0.2) is 4.68 Å². The van der Waals surface area contributed by atoms with Crippen LogP contribution in [0.5, 0.6) is 0 Å². The molecule has 0 aliphatic carbocycles. The summed E-state index contributed by atoms with van der Waals surface area (Å²) in [5, 5.41) is 10.4. The predicted octanol–water partition coefficient (Wildman–Crippen LogP) is 3.65. The van der Waals surface area contributed by atoms with Crippen LogP contribution in [0.2, 0.25) is 0 Å². The van der Waals surface area contributed by atoms with Crippen molar-refractivity contribution in [2.24, 2.45) is 13.0 Å². The van der Waals surface area contributed by atoms with Crippen LogP contribution in [0.1, 0.15) is 47.8 Å². The molecule has 0 radical (unpaired) electrons. The van der Waals surface area contributed by atoms with Crippen LogP contribution in [0.3, 0.4) is 0 Å². The minimum Gasteiger partial charge on any atom is -0.346 e. The zero-order valence-corrected chi connectivity index (χ0v) is 21.6. The molecule has 0 spiro atoms. The van der Waals surface area contributed by atoms with E-state index < -0.39 is 10.0 Å². The van der Waals surface area contributed by atoms with Gasteiger partial charge in [-0.3, -0.25) is 4.79 Å². The van der Waals surface area contributed by atoms with Crippen molar-refractivity contribution in [2.45, 2.75) is 59.4 Å². The Hall–Kier alpha value is -3.20. The van der Waals surface area contributed by atoms with Crippen LogP contribution in [-0.4, -0.2) is 32.0 Å². The van der Waals surface area contributed by atoms with Crippen LogP contribution in [0.15, 0.2) is 40.2 Å². The first-order valence-corrected chi connectivity index (χ1v) is 12.8. The maximum Gasteiger partial charge on any atom is 0.283 e. The summed E-state index contributed by atoms with van der Waals surface area (Å²) in [7, 11) is -2.14. The molecule has 0 atom stereocenters. The van der Waals surface area contributed by atoms with Crippen LogP contribution in [0.25, 0.3) is 10.8 Å². The Balaban J connectivity index is 1.81. The van der Waals surface area contributed by atoms with E-state index in [1.54, 1.807) is 38.2 Å². The second-order valence-corrected chi connectivity index (χ2v) is 11.2. The maximum absolute atomic E-state index is 13.3. The van der Waals surface area contributed by atoms with Gasteiger partial charge in [0.2, 0.25) is 0 Å². The fraction of sp³-hybridized carbons (Fsp3) is 0.400. The molecule has 8 nitrogen and oxygen atoms in total. The lowest BCUT2D eigenvalue weighted by atomic mass is 10.0. The van der Waals surface area contributed by atoms with Gasteiger partial charge < -0.3 is 4.57 Å². The van der Waals surface area contributed by atoms with Crippen LogP contribution < -0.4 is 5.56 Å². The molecule has 0 N–H and O–H groups in total. The molecule has 0 fully saturated rings. The Morgan fingerprint density at radius 1 is 0.971 bits per heavy atom. The van der Waals surface area contributed by atoms with Gasteiger partial charge in [0.15, 0.2) is 0 Å². The molecular weight excluding hydrogens is 450 g/mol. The van der Waals surface area contributed by atoms with E-state index in [0.717, 1.165) is 38.4 Å². The molecule has 180 valence electrons. The number of benzene rings is 1. The Labute approximate surface area is 199 Å². The molecule has 0 bridgehead atoms. The Morgan fingerprint density at radius 3 is 2.24 bits per heavy atom. The van der Waals surface area contributed by atoms with E-state index >= 15 is 0 Å². The molecule has 1 aromatic carbocycles. The molecule has 0 unspecified atom stereocenters. The third-order valence-corrected chi connectivity index (χ3v) is 7.99. The first-order valence-electron chi connectivity index (χ1n) is 11.3. The average Bonchev–Trinajstić information content (AvgIpc) is 3.24. The van der Waals surface area contributed by atoms with Crippen LogP contribution in [0.4, 0.5) is 0 Å². The fourth-order valence-electron chi connectivity index (χ4n) is 4.38.